The molecule has 0 unspecified atom stereocenters. The van der Waals surface area contributed by atoms with Crippen LogP contribution in [0.3, 0.4) is 0 Å². The van der Waals surface area contributed by atoms with E-state index in [9.17, 15) is 18.0 Å². The Morgan fingerprint density at radius 3 is 2.50 bits per heavy atom. The first-order chi connectivity index (χ1) is 11.1. The number of halogens is 3. The Morgan fingerprint density at radius 1 is 1.38 bits per heavy atom. The molecule has 10 heteroatoms. The van der Waals surface area contributed by atoms with Gasteiger partial charge in [-0.15, -0.1) is 0 Å². The van der Waals surface area contributed by atoms with Crippen molar-refractivity contribution in [2.75, 3.05) is 44.1 Å². The molecule has 1 aliphatic heterocycles. The minimum absolute atomic E-state index is 0.0554. The fraction of sp³-hybridized carbons (Fsp3) is 0.643. The second-order valence-corrected chi connectivity index (χ2v) is 5.94. The van der Waals surface area contributed by atoms with Gasteiger partial charge in [0.15, 0.2) is 5.69 Å². The predicted octanol–water partition coefficient (Wildman–Crippen LogP) is 1.26. The van der Waals surface area contributed by atoms with Crippen molar-refractivity contribution in [3.05, 3.63) is 11.8 Å². The number of alkyl halides is 3. The summed E-state index contributed by atoms with van der Waals surface area (Å²) in [4.78, 5) is 20.8. The summed E-state index contributed by atoms with van der Waals surface area (Å²) in [6, 6.07) is 0.865. The van der Waals surface area contributed by atoms with Gasteiger partial charge in [0.1, 0.15) is 5.82 Å². The minimum atomic E-state index is -4.59. The highest BCUT2D eigenvalue weighted by Crippen LogP contribution is 2.32. The Hall–Kier alpha value is -2.10. The highest BCUT2D eigenvalue weighted by atomic mass is 19.4. The van der Waals surface area contributed by atoms with Gasteiger partial charge in [-0.1, -0.05) is 0 Å². The molecule has 0 bridgehead atoms. The molecule has 0 aromatic carbocycles. The lowest BCUT2D eigenvalue weighted by Gasteiger charge is -2.34. The van der Waals surface area contributed by atoms with E-state index in [-0.39, 0.29) is 18.3 Å². The Labute approximate surface area is 137 Å². The van der Waals surface area contributed by atoms with Crippen LogP contribution in [-0.4, -0.2) is 49.7 Å². The summed E-state index contributed by atoms with van der Waals surface area (Å²) in [5.41, 5.74) is 3.55. The predicted molar refractivity (Wildman–Crippen MR) is 81.5 cm³/mol. The summed E-state index contributed by atoms with van der Waals surface area (Å²) in [7, 11) is 3.16. The van der Waals surface area contributed by atoms with Gasteiger partial charge in [-0.2, -0.15) is 18.2 Å². The van der Waals surface area contributed by atoms with E-state index in [1.54, 1.807) is 14.1 Å². The van der Waals surface area contributed by atoms with Crippen molar-refractivity contribution in [3.63, 3.8) is 0 Å². The molecule has 1 saturated heterocycles. The molecule has 7 nitrogen and oxygen atoms in total. The number of primary amides is 1. The molecule has 0 saturated carbocycles. The molecule has 1 aliphatic rings. The third kappa shape index (κ3) is 4.05. The van der Waals surface area contributed by atoms with Crippen molar-refractivity contribution in [2.24, 2.45) is 11.1 Å². The number of carbonyl (C=O) groups excluding carboxylic acids is 1. The highest BCUT2D eigenvalue weighted by molar-refractivity contribution is 5.81. The van der Waals surface area contributed by atoms with Gasteiger partial charge in [-0.25, -0.2) is 4.98 Å². The van der Waals surface area contributed by atoms with Crippen LogP contribution in [0.5, 0.6) is 0 Å². The fourth-order valence-corrected chi connectivity index (χ4v) is 2.41. The van der Waals surface area contributed by atoms with Crippen LogP contribution in [0.2, 0.25) is 0 Å². The maximum absolute atomic E-state index is 13.0. The monoisotopic (exact) mass is 347 g/mol. The van der Waals surface area contributed by atoms with E-state index in [1.807, 2.05) is 0 Å². The standard InChI is InChI=1S/C14H20F3N5O2/c1-22(2)10-7-9(14(15,16)17)20-12(21-10)19-8-13(11(18)23)3-5-24-6-4-13/h7H,3-6,8H2,1-2H3,(H2,18,23)(H,19,20,21). The van der Waals surface area contributed by atoms with E-state index in [0.717, 1.165) is 6.07 Å². The van der Waals surface area contributed by atoms with Crippen LogP contribution in [-0.2, 0) is 15.7 Å². The van der Waals surface area contributed by atoms with E-state index in [4.69, 9.17) is 10.5 Å². The van der Waals surface area contributed by atoms with Gasteiger partial charge in [0.2, 0.25) is 11.9 Å². The highest BCUT2D eigenvalue weighted by Gasteiger charge is 2.39. The second kappa shape index (κ2) is 6.80. The first kappa shape index (κ1) is 18.2. The Kier molecular flexibility index (Phi) is 5.16. The molecule has 1 aromatic rings. The molecule has 0 spiro atoms. The molecule has 0 aliphatic carbocycles. The first-order valence-corrected chi connectivity index (χ1v) is 7.39. The lowest BCUT2D eigenvalue weighted by atomic mass is 9.79. The number of nitrogens with two attached hydrogens (primary N) is 1. The van der Waals surface area contributed by atoms with Crippen LogP contribution in [0, 0.1) is 5.41 Å². The lowest BCUT2D eigenvalue weighted by Crippen LogP contribution is -2.46. The summed E-state index contributed by atoms with van der Waals surface area (Å²) in [5.74, 6) is -0.598. The molecule has 2 rings (SSSR count). The number of hydrogen-bond donors (Lipinski definition) is 2. The van der Waals surface area contributed by atoms with E-state index < -0.39 is 23.2 Å². The third-order valence-electron chi connectivity index (χ3n) is 4.02. The molecular weight excluding hydrogens is 327 g/mol. The van der Waals surface area contributed by atoms with Gasteiger partial charge in [0, 0.05) is 39.9 Å². The molecular formula is C14H20F3N5O2. The molecule has 134 valence electrons. The second-order valence-electron chi connectivity index (χ2n) is 5.94. The average Bonchev–Trinajstić information content (AvgIpc) is 2.52. The summed E-state index contributed by atoms with van der Waals surface area (Å²) in [5, 5.41) is 2.74. The van der Waals surface area contributed by atoms with Crippen molar-refractivity contribution < 1.29 is 22.7 Å². The molecule has 1 fully saturated rings. The van der Waals surface area contributed by atoms with Gasteiger partial charge in [0.05, 0.1) is 5.41 Å². The molecule has 0 atom stereocenters. The van der Waals surface area contributed by atoms with Crippen molar-refractivity contribution in [3.8, 4) is 0 Å². The van der Waals surface area contributed by atoms with Gasteiger partial charge < -0.3 is 20.7 Å². The molecule has 24 heavy (non-hydrogen) atoms. The van der Waals surface area contributed by atoms with Gasteiger partial charge >= 0.3 is 6.18 Å². The van der Waals surface area contributed by atoms with Gasteiger partial charge in [-0.3, -0.25) is 4.79 Å². The number of nitrogens with zero attached hydrogens (tertiary/aromatic N) is 3. The zero-order valence-electron chi connectivity index (χ0n) is 13.5. The van der Waals surface area contributed by atoms with E-state index in [1.165, 1.54) is 4.90 Å². The molecule has 0 radical (unpaired) electrons. The summed E-state index contributed by atoms with van der Waals surface area (Å²) in [6.07, 6.45) is -3.80. The van der Waals surface area contributed by atoms with E-state index in [2.05, 4.69) is 15.3 Å². The largest absolute Gasteiger partial charge is 0.433 e. The number of nitrogens with one attached hydrogen (secondary N) is 1. The zero-order chi connectivity index (χ0) is 18.0. The SMILES string of the molecule is CN(C)c1cc(C(F)(F)F)nc(NCC2(C(N)=O)CCOCC2)n1. The maximum atomic E-state index is 13.0. The van der Waals surface area contributed by atoms with Crippen molar-refractivity contribution in [1.29, 1.82) is 0 Å². The first-order valence-electron chi connectivity index (χ1n) is 7.39. The number of anilines is 2. The normalized spacial score (nSPS) is 17.4. The number of ether oxygens (including phenoxy) is 1. The topological polar surface area (TPSA) is 93.4 Å². The van der Waals surface area contributed by atoms with Crippen LogP contribution in [0.15, 0.2) is 6.07 Å². The van der Waals surface area contributed by atoms with E-state index in [0.29, 0.717) is 26.1 Å². The summed E-state index contributed by atoms with van der Waals surface area (Å²) >= 11 is 0. The van der Waals surface area contributed by atoms with Gasteiger partial charge in [-0.05, 0) is 12.8 Å². The minimum Gasteiger partial charge on any atom is -0.381 e. The van der Waals surface area contributed by atoms with Crippen LogP contribution >= 0.6 is 0 Å². The Balaban J connectivity index is 2.25. The van der Waals surface area contributed by atoms with Crippen LogP contribution in [0.25, 0.3) is 0 Å². The molecule has 2 heterocycles. The summed E-state index contributed by atoms with van der Waals surface area (Å²) in [6.45, 7) is 0.800. The fourth-order valence-electron chi connectivity index (χ4n) is 2.41. The molecule has 3 N–H and O–H groups in total. The summed E-state index contributed by atoms with van der Waals surface area (Å²) < 4.78 is 44.2. The quantitative estimate of drug-likeness (QED) is 0.833. The number of aromatic nitrogens is 2. The van der Waals surface area contributed by atoms with Crippen molar-refractivity contribution >= 4 is 17.7 Å². The van der Waals surface area contributed by atoms with E-state index >= 15 is 0 Å². The maximum Gasteiger partial charge on any atom is 0.433 e. The molecule has 1 aromatic heterocycles. The molecule has 1 amide bonds. The third-order valence-corrected chi connectivity index (χ3v) is 4.02. The number of amides is 1. The van der Waals surface area contributed by atoms with Crippen LogP contribution < -0.4 is 16.0 Å². The van der Waals surface area contributed by atoms with Crippen LogP contribution in [0.4, 0.5) is 24.9 Å². The smallest absolute Gasteiger partial charge is 0.381 e. The number of hydrogen-bond acceptors (Lipinski definition) is 6. The lowest BCUT2D eigenvalue weighted by molar-refractivity contribution is -0.141. The number of carbonyl (C=O) groups is 1. The number of rotatable bonds is 5. The van der Waals surface area contributed by atoms with Crippen molar-refractivity contribution in [2.45, 2.75) is 19.0 Å². The Bertz CT molecular complexity index is 601. The van der Waals surface area contributed by atoms with Crippen molar-refractivity contribution in [1.82, 2.24) is 9.97 Å². The Morgan fingerprint density at radius 2 is 2.00 bits per heavy atom. The zero-order valence-corrected chi connectivity index (χ0v) is 13.5. The average molecular weight is 347 g/mol. The van der Waals surface area contributed by atoms with Gasteiger partial charge in [0.25, 0.3) is 0 Å². The van der Waals surface area contributed by atoms with Crippen LogP contribution in [0.1, 0.15) is 18.5 Å².